The molecule has 2 saturated carbocycles. The molecule has 0 amide bonds. The Morgan fingerprint density at radius 2 is 1.60 bits per heavy atom. The van der Waals surface area contributed by atoms with Crippen molar-refractivity contribution in [3.8, 4) is 0 Å². The van der Waals surface area contributed by atoms with Crippen molar-refractivity contribution in [3.63, 3.8) is 0 Å². The Balaban J connectivity index is 1.20. The Hall–Kier alpha value is -2.30. The second-order valence-corrected chi connectivity index (χ2v) is 16.0. The van der Waals surface area contributed by atoms with E-state index in [0.717, 1.165) is 17.8 Å². The van der Waals surface area contributed by atoms with E-state index in [-0.39, 0.29) is 16.4 Å². The summed E-state index contributed by atoms with van der Waals surface area (Å²) >= 11 is 0. The van der Waals surface area contributed by atoms with Gasteiger partial charge >= 0.3 is 0 Å². The Kier molecular flexibility index (Phi) is 4.29. The van der Waals surface area contributed by atoms with Crippen molar-refractivity contribution in [2.75, 3.05) is 42.9 Å². The van der Waals surface area contributed by atoms with E-state index in [1.807, 2.05) is 0 Å². The highest BCUT2D eigenvalue weighted by molar-refractivity contribution is 5.81. The molecular formula is C38H46N4. The first-order valence-electron chi connectivity index (χ1n) is 17.5. The molecule has 42 heavy (non-hydrogen) atoms. The molecule has 2 aromatic carbocycles. The number of nitrogens with zero attached hydrogens (tertiary/aromatic N) is 3. The van der Waals surface area contributed by atoms with Gasteiger partial charge in [0.2, 0.25) is 0 Å². The quantitative estimate of drug-likeness (QED) is 0.448. The Bertz CT molecular complexity index is 1560. The maximum Gasteiger partial charge on any atom is 0.0805 e. The number of nitrogens with one attached hydrogen (secondary N) is 1. The zero-order valence-corrected chi connectivity index (χ0v) is 25.5. The number of hydrogen-bond acceptors (Lipinski definition) is 4. The first kappa shape index (κ1) is 24.1. The van der Waals surface area contributed by atoms with Crippen molar-refractivity contribution in [2.24, 2.45) is 29.6 Å². The molecule has 4 nitrogen and oxygen atoms in total. The molecule has 4 bridgehead atoms. The van der Waals surface area contributed by atoms with Crippen LogP contribution >= 0.6 is 0 Å². The van der Waals surface area contributed by atoms with Gasteiger partial charge in [0, 0.05) is 65.4 Å². The molecule has 2 aromatic rings. The fraction of sp³-hybridized carbons (Fsp3) is 0.632. The molecule has 9 aliphatic rings. The summed E-state index contributed by atoms with van der Waals surface area (Å²) in [4.78, 5) is 8.91. The maximum absolute atomic E-state index is 5.07. The van der Waals surface area contributed by atoms with Crippen LogP contribution in [0.3, 0.4) is 0 Å². The van der Waals surface area contributed by atoms with E-state index in [9.17, 15) is 0 Å². The van der Waals surface area contributed by atoms with Gasteiger partial charge in [0.25, 0.3) is 0 Å². The molecule has 6 fully saturated rings. The molecule has 2 aliphatic carbocycles. The number of fused-ring (bicyclic) bond motifs is 5. The van der Waals surface area contributed by atoms with E-state index in [1.165, 1.54) is 76.9 Å². The maximum atomic E-state index is 5.07. The van der Waals surface area contributed by atoms with Crippen molar-refractivity contribution in [1.82, 2.24) is 9.80 Å². The molecular weight excluding hydrogens is 512 g/mol. The van der Waals surface area contributed by atoms with Crippen molar-refractivity contribution < 1.29 is 0 Å². The largest absolute Gasteiger partial charge is 0.374 e. The summed E-state index contributed by atoms with van der Waals surface area (Å²) in [5, 5.41) is 4.49. The predicted octanol–water partition coefficient (Wildman–Crippen LogP) is 6.13. The molecule has 11 rings (SSSR count). The lowest BCUT2D eigenvalue weighted by atomic mass is 9.45. The normalized spacial score (nSPS) is 48.3. The van der Waals surface area contributed by atoms with Crippen LogP contribution in [0.5, 0.6) is 0 Å². The summed E-state index contributed by atoms with van der Waals surface area (Å²) in [7, 11) is 0. The lowest BCUT2D eigenvalue weighted by molar-refractivity contribution is -0.0601. The monoisotopic (exact) mass is 558 g/mol. The van der Waals surface area contributed by atoms with E-state index in [2.05, 4.69) is 76.3 Å². The minimum atomic E-state index is -0.0144. The first-order chi connectivity index (χ1) is 20.6. The Morgan fingerprint density at radius 3 is 2.48 bits per heavy atom. The molecule has 0 aromatic heterocycles. The number of benzene rings is 2. The van der Waals surface area contributed by atoms with Crippen LogP contribution in [0, 0.1) is 29.6 Å². The molecule has 3 spiro atoms. The van der Waals surface area contributed by atoms with Crippen LogP contribution in [-0.2, 0) is 16.4 Å². The fourth-order valence-corrected chi connectivity index (χ4v) is 14.3. The van der Waals surface area contributed by atoms with Crippen molar-refractivity contribution in [1.29, 1.82) is 0 Å². The first-order valence-corrected chi connectivity index (χ1v) is 17.5. The highest BCUT2D eigenvalue weighted by atomic mass is 15.3. The van der Waals surface area contributed by atoms with Crippen LogP contribution in [-0.4, -0.2) is 60.6 Å². The number of anilines is 2. The minimum Gasteiger partial charge on any atom is -0.374 e. The van der Waals surface area contributed by atoms with E-state index in [4.69, 9.17) is 6.58 Å². The fourth-order valence-electron chi connectivity index (χ4n) is 14.3. The van der Waals surface area contributed by atoms with Crippen molar-refractivity contribution >= 4 is 11.4 Å². The van der Waals surface area contributed by atoms with Gasteiger partial charge in [0.1, 0.15) is 0 Å². The molecule has 1 N–H and O–H groups in total. The van der Waals surface area contributed by atoms with Gasteiger partial charge < -0.3 is 10.2 Å². The molecule has 7 heterocycles. The van der Waals surface area contributed by atoms with Crippen LogP contribution in [0.25, 0.3) is 0 Å². The van der Waals surface area contributed by atoms with Gasteiger partial charge in [-0.05, 0) is 79.6 Å². The van der Waals surface area contributed by atoms with Crippen molar-refractivity contribution in [3.05, 3.63) is 71.3 Å². The third-order valence-electron chi connectivity index (χ3n) is 15.6. The van der Waals surface area contributed by atoms with Gasteiger partial charge in [-0.2, -0.15) is 0 Å². The lowest BCUT2D eigenvalue weighted by Crippen LogP contribution is -2.72. The van der Waals surface area contributed by atoms with Gasteiger partial charge in [-0.1, -0.05) is 75.2 Å². The van der Waals surface area contributed by atoms with Gasteiger partial charge in [-0.15, -0.1) is 0 Å². The highest BCUT2D eigenvalue weighted by Crippen LogP contribution is 2.74. The number of hydrogen-bond donors (Lipinski definition) is 1. The van der Waals surface area contributed by atoms with E-state index < -0.39 is 0 Å². The molecule has 4 heteroatoms. The lowest BCUT2D eigenvalue weighted by Gasteiger charge is -2.66. The molecule has 7 aliphatic heterocycles. The Labute approximate surface area is 251 Å². The zero-order valence-electron chi connectivity index (χ0n) is 25.5. The van der Waals surface area contributed by atoms with E-state index in [0.29, 0.717) is 30.0 Å². The second-order valence-electron chi connectivity index (χ2n) is 16.0. The second kappa shape index (κ2) is 7.49. The summed E-state index contributed by atoms with van der Waals surface area (Å²) < 4.78 is 0. The summed E-state index contributed by atoms with van der Waals surface area (Å²) in [5.41, 5.74) is 10.1. The topological polar surface area (TPSA) is 21.8 Å². The van der Waals surface area contributed by atoms with Crippen LogP contribution in [0.4, 0.5) is 11.4 Å². The van der Waals surface area contributed by atoms with Crippen molar-refractivity contribution in [2.45, 2.75) is 86.9 Å². The zero-order chi connectivity index (χ0) is 27.7. The average molecular weight is 559 g/mol. The standard InChI is InChI=1S/C38H46N4/c1-4-23-19-40-15-13-36-28-10-8-11-29-34(28)42(35(36)22(3)25(23)17-32(36)40)21-30-26-18-33-37(14-16-41(33)20-24(26)5-2)27-9-6-7-12-31(27)39-38(29,30)37/h6-12,23-26,30,32-33,35,39H,3-5,13-21H2,1-2H3/t23-,24-,25-,26+,30+,32+,33?,35+,36-,37-,38+/m1/s1. The molecule has 11 atom stereocenters. The van der Waals surface area contributed by atoms with Gasteiger partial charge in [-0.3, -0.25) is 9.80 Å². The SMILES string of the molecule is C=C1[C@H]2C[C@@H]3N(CC[C@@]34c3cccc5c3N(C[C@H]3[C@H]6CC7N(CC[C@@]78c7ccccc7N[C@@]538)C[C@H]6CC)[C@@H]14)C[C@H]2CC. The van der Waals surface area contributed by atoms with E-state index >= 15 is 0 Å². The van der Waals surface area contributed by atoms with Crippen LogP contribution in [0.1, 0.15) is 69.1 Å². The van der Waals surface area contributed by atoms with Crippen LogP contribution < -0.4 is 10.2 Å². The third kappa shape index (κ3) is 2.24. The summed E-state index contributed by atoms with van der Waals surface area (Å²) in [6.07, 6.45) is 7.93. The van der Waals surface area contributed by atoms with E-state index in [1.54, 1.807) is 28.0 Å². The third-order valence-corrected chi connectivity index (χ3v) is 15.6. The van der Waals surface area contributed by atoms with Gasteiger partial charge in [0.05, 0.1) is 11.6 Å². The summed E-state index contributed by atoms with van der Waals surface area (Å²) in [6.45, 7) is 16.3. The molecule has 0 radical (unpaired) electrons. The number of rotatable bonds is 2. The van der Waals surface area contributed by atoms with Gasteiger partial charge in [0.15, 0.2) is 0 Å². The number of piperidine rings is 2. The van der Waals surface area contributed by atoms with Crippen LogP contribution in [0.15, 0.2) is 54.6 Å². The molecule has 218 valence electrons. The Morgan fingerprint density at radius 1 is 0.833 bits per heavy atom. The highest BCUT2D eigenvalue weighted by Gasteiger charge is 2.77. The van der Waals surface area contributed by atoms with Crippen LogP contribution in [0.2, 0.25) is 0 Å². The predicted molar refractivity (Wildman–Crippen MR) is 169 cm³/mol. The summed E-state index contributed by atoms with van der Waals surface area (Å²) in [6, 6.07) is 19.0. The minimum absolute atomic E-state index is 0.0144. The smallest absolute Gasteiger partial charge is 0.0805 e. The molecule has 1 unspecified atom stereocenters. The molecule has 4 saturated heterocycles. The average Bonchev–Trinajstić information content (AvgIpc) is 3.76. The van der Waals surface area contributed by atoms with Gasteiger partial charge in [-0.25, -0.2) is 0 Å². The number of para-hydroxylation sites is 2. The summed E-state index contributed by atoms with van der Waals surface area (Å²) in [5.74, 6) is 3.67.